The van der Waals surface area contributed by atoms with E-state index >= 15 is 0 Å². The Morgan fingerprint density at radius 2 is 1.64 bits per heavy atom. The summed E-state index contributed by atoms with van der Waals surface area (Å²) in [6.07, 6.45) is -1.36. The van der Waals surface area contributed by atoms with Crippen molar-refractivity contribution in [1.29, 1.82) is 0 Å². The highest BCUT2D eigenvalue weighted by molar-refractivity contribution is 7.89. The molecule has 1 aromatic carbocycles. The molecule has 0 heterocycles. The largest absolute Gasteiger partial charge is 0.463 e. The molecule has 0 radical (unpaired) electrons. The van der Waals surface area contributed by atoms with E-state index in [1.807, 2.05) is 6.07 Å². The monoisotopic (exact) mass is 415 g/mol. The number of hydrogen-bond donors (Lipinski definition) is 1. The molecule has 0 aliphatic heterocycles. The van der Waals surface area contributed by atoms with E-state index in [4.69, 9.17) is 13.7 Å². The summed E-state index contributed by atoms with van der Waals surface area (Å²) >= 11 is 0. The van der Waals surface area contributed by atoms with Crippen LogP contribution < -0.4 is 5.32 Å². The van der Waals surface area contributed by atoms with Crippen molar-refractivity contribution in [3.63, 3.8) is 0 Å². The molecular formula is C19H29NO7S. The molecule has 8 nitrogen and oxygen atoms in total. The minimum Gasteiger partial charge on any atom is -0.463 e. The van der Waals surface area contributed by atoms with Crippen LogP contribution in [0.5, 0.6) is 0 Å². The van der Waals surface area contributed by atoms with E-state index in [9.17, 15) is 18.0 Å². The Morgan fingerprint density at radius 1 is 1.04 bits per heavy atom. The smallest absolute Gasteiger partial charge is 0.409 e. The topological polar surface area (TPSA) is 108 Å². The minimum atomic E-state index is -4.55. The van der Waals surface area contributed by atoms with Crippen LogP contribution in [0.4, 0.5) is 4.79 Å². The maximum Gasteiger partial charge on any atom is 0.409 e. The summed E-state index contributed by atoms with van der Waals surface area (Å²) in [6.45, 7) is 8.00. The number of carbonyl (C=O) groups is 2. The van der Waals surface area contributed by atoms with Crippen molar-refractivity contribution in [3.05, 3.63) is 35.9 Å². The summed E-state index contributed by atoms with van der Waals surface area (Å²) in [5, 5.41) is 2.16. The number of nitrogens with one attached hydrogen (secondary N) is 1. The summed E-state index contributed by atoms with van der Waals surface area (Å²) < 4.78 is 40.8. The van der Waals surface area contributed by atoms with Crippen molar-refractivity contribution in [3.8, 4) is 0 Å². The number of esters is 1. The van der Waals surface area contributed by atoms with Crippen LogP contribution in [0.3, 0.4) is 0 Å². The number of amides is 1. The van der Waals surface area contributed by atoms with Crippen LogP contribution in [0.2, 0.25) is 0 Å². The maximum absolute atomic E-state index is 12.9. The lowest BCUT2D eigenvalue weighted by Gasteiger charge is -2.31. The highest BCUT2D eigenvalue weighted by Crippen LogP contribution is 2.26. The van der Waals surface area contributed by atoms with E-state index in [2.05, 4.69) is 5.32 Å². The molecule has 0 aromatic heterocycles. The van der Waals surface area contributed by atoms with Crippen molar-refractivity contribution in [2.75, 3.05) is 13.2 Å². The highest BCUT2D eigenvalue weighted by atomic mass is 32.2. The first-order valence-electron chi connectivity index (χ1n) is 9.02. The zero-order chi connectivity index (χ0) is 21.4. The van der Waals surface area contributed by atoms with E-state index in [1.54, 1.807) is 45.0 Å². The van der Waals surface area contributed by atoms with Crippen LogP contribution in [-0.2, 0) is 35.2 Å². The third-order valence-corrected chi connectivity index (χ3v) is 5.53. The number of hydrogen-bond acceptors (Lipinski definition) is 7. The normalized spacial score (nSPS) is 14.0. The average molecular weight is 416 g/mol. The number of carbonyl (C=O) groups excluding carboxylic acids is 2. The zero-order valence-electron chi connectivity index (χ0n) is 17.0. The number of alkyl carbamates (subject to hydrolysis) is 1. The lowest BCUT2D eigenvalue weighted by molar-refractivity contribution is -0.147. The van der Waals surface area contributed by atoms with Crippen LogP contribution in [0.1, 0.15) is 46.6 Å². The van der Waals surface area contributed by atoms with Gasteiger partial charge >= 0.3 is 22.2 Å². The number of ether oxygens (including phenoxy) is 2. The first-order chi connectivity index (χ1) is 13.0. The highest BCUT2D eigenvalue weighted by Gasteiger charge is 2.54. The summed E-state index contributed by atoms with van der Waals surface area (Å²) in [6, 6.07) is 8.85. The quantitative estimate of drug-likeness (QED) is 0.488. The van der Waals surface area contributed by atoms with Gasteiger partial charge in [0.2, 0.25) is 0 Å². The molecule has 9 heteroatoms. The van der Waals surface area contributed by atoms with Gasteiger partial charge in [0.1, 0.15) is 6.61 Å². The van der Waals surface area contributed by atoms with Gasteiger partial charge in [0, 0.05) is 0 Å². The fourth-order valence-electron chi connectivity index (χ4n) is 2.15. The van der Waals surface area contributed by atoms with E-state index in [0.717, 1.165) is 0 Å². The van der Waals surface area contributed by atoms with Crippen molar-refractivity contribution >= 4 is 22.2 Å². The molecule has 0 saturated carbocycles. The molecule has 1 aromatic rings. The summed E-state index contributed by atoms with van der Waals surface area (Å²) in [5.74, 6) is -1.12. The molecule has 1 atom stereocenters. The Kier molecular flexibility index (Phi) is 8.44. The third-order valence-electron chi connectivity index (χ3n) is 3.69. The molecule has 0 saturated heterocycles. The summed E-state index contributed by atoms with van der Waals surface area (Å²) in [5.41, 5.74) is 0.234. The molecule has 28 heavy (non-hydrogen) atoms. The molecule has 1 rings (SSSR count). The fraction of sp³-hybridized carbons (Fsp3) is 0.579. The van der Waals surface area contributed by atoms with Crippen molar-refractivity contribution in [2.45, 2.75) is 52.5 Å². The van der Waals surface area contributed by atoms with Gasteiger partial charge in [-0.3, -0.25) is 9.50 Å². The predicted octanol–water partition coefficient (Wildman–Crippen LogP) is 2.97. The fourth-order valence-corrected chi connectivity index (χ4v) is 3.69. The van der Waals surface area contributed by atoms with Gasteiger partial charge in [0.25, 0.3) is 4.87 Å². The zero-order valence-corrected chi connectivity index (χ0v) is 17.8. The van der Waals surface area contributed by atoms with Gasteiger partial charge in [-0.2, -0.15) is 8.42 Å². The molecule has 0 aliphatic rings. The Morgan fingerprint density at radius 3 is 2.14 bits per heavy atom. The number of rotatable bonds is 9. The molecule has 1 amide bonds. The van der Waals surface area contributed by atoms with Gasteiger partial charge in [0.15, 0.2) is 0 Å². The predicted molar refractivity (Wildman–Crippen MR) is 104 cm³/mol. The Hall–Kier alpha value is -2.13. The first kappa shape index (κ1) is 23.9. The SMILES string of the molecule is CCOC(=O)C(CC)(NC(=O)OCc1ccccc1)S(=O)(=O)OCC(C)(C)C. The van der Waals surface area contributed by atoms with Gasteiger partial charge in [-0.25, -0.2) is 9.59 Å². The molecule has 1 unspecified atom stereocenters. The molecule has 158 valence electrons. The molecule has 0 fully saturated rings. The van der Waals surface area contributed by atoms with Crippen LogP contribution in [0, 0.1) is 5.41 Å². The lowest BCUT2D eigenvalue weighted by atomic mass is 9.99. The van der Waals surface area contributed by atoms with Crippen LogP contribution in [0.25, 0.3) is 0 Å². The second-order valence-corrected chi connectivity index (χ2v) is 9.21. The van der Waals surface area contributed by atoms with Gasteiger partial charge in [0.05, 0.1) is 13.2 Å². The minimum absolute atomic E-state index is 0.0594. The van der Waals surface area contributed by atoms with Gasteiger partial charge in [-0.1, -0.05) is 58.0 Å². The Balaban J connectivity index is 3.06. The van der Waals surface area contributed by atoms with E-state index in [-0.39, 0.29) is 26.2 Å². The van der Waals surface area contributed by atoms with Gasteiger partial charge in [-0.05, 0) is 24.3 Å². The van der Waals surface area contributed by atoms with E-state index in [0.29, 0.717) is 5.56 Å². The molecule has 0 spiro atoms. The molecule has 1 N–H and O–H groups in total. The molecule has 0 bridgehead atoms. The summed E-state index contributed by atoms with van der Waals surface area (Å²) in [7, 11) is -4.55. The lowest BCUT2D eigenvalue weighted by Crippen LogP contribution is -2.61. The maximum atomic E-state index is 12.9. The second-order valence-electron chi connectivity index (χ2n) is 7.36. The van der Waals surface area contributed by atoms with Crippen molar-refractivity contribution in [2.24, 2.45) is 5.41 Å². The van der Waals surface area contributed by atoms with Crippen molar-refractivity contribution in [1.82, 2.24) is 5.32 Å². The Bertz CT molecular complexity index is 756. The molecular weight excluding hydrogens is 386 g/mol. The van der Waals surface area contributed by atoms with Crippen molar-refractivity contribution < 1.29 is 31.7 Å². The molecule has 0 aliphatic carbocycles. The first-order valence-corrected chi connectivity index (χ1v) is 10.4. The van der Waals surface area contributed by atoms with Gasteiger partial charge in [-0.15, -0.1) is 0 Å². The second kappa shape index (κ2) is 9.88. The Labute approximate surface area is 166 Å². The van der Waals surface area contributed by atoms with E-state index in [1.165, 1.54) is 13.8 Å². The van der Waals surface area contributed by atoms with Crippen LogP contribution >= 0.6 is 0 Å². The average Bonchev–Trinajstić information content (AvgIpc) is 2.63. The summed E-state index contributed by atoms with van der Waals surface area (Å²) in [4.78, 5) is 22.4. The van der Waals surface area contributed by atoms with E-state index < -0.39 is 32.5 Å². The van der Waals surface area contributed by atoms with Crippen LogP contribution in [-0.4, -0.2) is 38.6 Å². The standard InChI is InChI=1S/C19H29NO7S/c1-6-19(16(21)25-7-2,28(23,24)27-14-18(3,4)5)20-17(22)26-13-15-11-9-8-10-12-15/h8-12H,6-7,13-14H2,1-5H3,(H,20,22). The third kappa shape index (κ3) is 6.49. The number of benzene rings is 1. The van der Waals surface area contributed by atoms with Crippen LogP contribution in [0.15, 0.2) is 30.3 Å². The van der Waals surface area contributed by atoms with Gasteiger partial charge < -0.3 is 9.47 Å².